The van der Waals surface area contributed by atoms with Crippen LogP contribution in [0.2, 0.25) is 0 Å². The maximum atomic E-state index is 10.9. The van der Waals surface area contributed by atoms with Gasteiger partial charge in [0.25, 0.3) is 0 Å². The van der Waals surface area contributed by atoms with Crippen molar-refractivity contribution < 1.29 is 19.8 Å². The average molecular weight is 254 g/mol. The van der Waals surface area contributed by atoms with Gasteiger partial charge in [-0.1, -0.05) is 21.9 Å². The Morgan fingerprint density at radius 3 is 2.06 bits per heavy atom. The lowest BCUT2D eigenvalue weighted by atomic mass is 10.1. The molecule has 92 valence electrons. The third-order valence-corrected chi connectivity index (χ3v) is 3.59. The molecule has 0 aromatic heterocycles. The van der Waals surface area contributed by atoms with E-state index < -0.39 is 11.9 Å². The third-order valence-electron chi connectivity index (χ3n) is 2.29. The van der Waals surface area contributed by atoms with E-state index in [4.69, 9.17) is 10.2 Å². The summed E-state index contributed by atoms with van der Waals surface area (Å²) in [7, 11) is 0.463. The van der Waals surface area contributed by atoms with Crippen molar-refractivity contribution in [3.8, 4) is 0 Å². The minimum absolute atomic E-state index is 0.0453. The zero-order valence-corrected chi connectivity index (χ0v) is 10.6. The molecule has 5 heteroatoms. The molecule has 0 saturated heterocycles. The number of carboxylic acid groups (broad SMARTS) is 2. The number of hydrogen-bond acceptors (Lipinski definition) is 2. The highest BCUT2D eigenvalue weighted by atomic mass is 31.1. The maximum Gasteiger partial charge on any atom is 0.335 e. The fraction of sp³-hybridized carbons (Fsp3) is 0.333. The van der Waals surface area contributed by atoms with E-state index in [-0.39, 0.29) is 11.1 Å². The molecule has 0 amide bonds. The Hall–Kier alpha value is -1.41. The number of hydrogen-bond donors (Lipinski definition) is 2. The maximum absolute atomic E-state index is 10.9. The number of rotatable bonds is 6. The van der Waals surface area contributed by atoms with Gasteiger partial charge in [-0.05, 0) is 36.1 Å². The van der Waals surface area contributed by atoms with E-state index in [1.54, 1.807) is 12.1 Å². The SMILES string of the molecule is CCCCPc1cc(C(=O)O)cc(C(=O)O)c1. The minimum Gasteiger partial charge on any atom is -0.478 e. The highest BCUT2D eigenvalue weighted by Crippen LogP contribution is 2.16. The standard InChI is InChI=1S/C12H15O4P/c1-2-3-4-17-10-6-8(11(13)14)5-9(7-10)12(15)16/h5-7,17H,2-4H2,1H3,(H,13,14)(H,15,16). The second kappa shape index (κ2) is 6.36. The lowest BCUT2D eigenvalue weighted by molar-refractivity contribution is 0.0696. The first-order valence-corrected chi connectivity index (χ1v) is 6.61. The van der Waals surface area contributed by atoms with Crippen molar-refractivity contribution in [1.29, 1.82) is 0 Å². The number of carbonyl (C=O) groups is 2. The lowest BCUT2D eigenvalue weighted by Crippen LogP contribution is -2.09. The zero-order chi connectivity index (χ0) is 12.8. The monoisotopic (exact) mass is 254 g/mol. The van der Waals surface area contributed by atoms with Gasteiger partial charge in [0.2, 0.25) is 0 Å². The summed E-state index contributed by atoms with van der Waals surface area (Å²) in [6.45, 7) is 2.08. The molecule has 0 aliphatic rings. The van der Waals surface area contributed by atoms with Crippen LogP contribution >= 0.6 is 8.58 Å². The van der Waals surface area contributed by atoms with Crippen LogP contribution in [0.1, 0.15) is 40.5 Å². The highest BCUT2D eigenvalue weighted by molar-refractivity contribution is 7.47. The van der Waals surface area contributed by atoms with Crippen molar-refractivity contribution in [1.82, 2.24) is 0 Å². The van der Waals surface area contributed by atoms with Crippen molar-refractivity contribution in [2.75, 3.05) is 6.16 Å². The first kappa shape index (κ1) is 13.7. The predicted molar refractivity (Wildman–Crippen MR) is 68.1 cm³/mol. The molecule has 0 heterocycles. The molecule has 0 bridgehead atoms. The number of aromatic carboxylic acids is 2. The summed E-state index contributed by atoms with van der Waals surface area (Å²) in [6, 6.07) is 4.31. The highest BCUT2D eigenvalue weighted by Gasteiger charge is 2.11. The van der Waals surface area contributed by atoms with Gasteiger partial charge in [0.15, 0.2) is 0 Å². The summed E-state index contributed by atoms with van der Waals surface area (Å²) in [5.74, 6) is -2.18. The smallest absolute Gasteiger partial charge is 0.335 e. The number of benzene rings is 1. The Kier molecular flexibility index (Phi) is 5.11. The van der Waals surface area contributed by atoms with Crippen LogP contribution in [-0.2, 0) is 0 Å². The van der Waals surface area contributed by atoms with Gasteiger partial charge in [-0.3, -0.25) is 0 Å². The van der Waals surface area contributed by atoms with Gasteiger partial charge in [-0.15, -0.1) is 0 Å². The first-order chi connectivity index (χ1) is 8.04. The second-order valence-electron chi connectivity index (χ2n) is 3.69. The molecule has 1 aromatic carbocycles. The molecule has 0 aliphatic heterocycles. The molecule has 0 saturated carbocycles. The minimum atomic E-state index is -1.09. The van der Waals surface area contributed by atoms with Crippen molar-refractivity contribution in [2.45, 2.75) is 19.8 Å². The fourth-order valence-electron chi connectivity index (χ4n) is 1.39. The molecule has 0 radical (unpaired) electrons. The largest absolute Gasteiger partial charge is 0.478 e. The summed E-state index contributed by atoms with van der Waals surface area (Å²) >= 11 is 0. The molecule has 17 heavy (non-hydrogen) atoms. The van der Waals surface area contributed by atoms with E-state index in [2.05, 4.69) is 6.92 Å². The molecule has 0 aliphatic carbocycles. The molecule has 1 atom stereocenters. The van der Waals surface area contributed by atoms with E-state index in [1.807, 2.05) is 0 Å². The summed E-state index contributed by atoms with van der Waals surface area (Å²) in [5, 5.41) is 18.6. The fourth-order valence-corrected chi connectivity index (χ4v) is 2.72. The Balaban J connectivity index is 2.95. The molecule has 0 fully saturated rings. The Labute approximate surface area is 101 Å². The van der Waals surface area contributed by atoms with Crippen LogP contribution in [0.5, 0.6) is 0 Å². The van der Waals surface area contributed by atoms with Crippen LogP contribution in [0.4, 0.5) is 0 Å². The van der Waals surface area contributed by atoms with E-state index in [1.165, 1.54) is 6.07 Å². The second-order valence-corrected chi connectivity index (χ2v) is 5.12. The van der Waals surface area contributed by atoms with Gasteiger partial charge in [0, 0.05) is 0 Å². The number of unbranched alkanes of at least 4 members (excludes halogenated alkanes) is 1. The van der Waals surface area contributed by atoms with E-state index >= 15 is 0 Å². The van der Waals surface area contributed by atoms with E-state index in [0.717, 1.165) is 24.3 Å². The predicted octanol–water partition coefficient (Wildman–Crippen LogP) is 2.19. The molecule has 1 aromatic rings. The quantitative estimate of drug-likeness (QED) is 0.602. The Bertz CT molecular complexity index is 396. The van der Waals surface area contributed by atoms with E-state index in [9.17, 15) is 9.59 Å². The Morgan fingerprint density at radius 2 is 1.65 bits per heavy atom. The van der Waals surface area contributed by atoms with E-state index in [0.29, 0.717) is 8.58 Å². The van der Waals surface area contributed by atoms with Gasteiger partial charge in [0.05, 0.1) is 11.1 Å². The zero-order valence-electron chi connectivity index (χ0n) is 9.56. The Morgan fingerprint density at radius 1 is 1.12 bits per heavy atom. The molecular formula is C12H15O4P. The molecular weight excluding hydrogens is 239 g/mol. The molecule has 0 spiro atoms. The molecule has 2 N–H and O–H groups in total. The third kappa shape index (κ3) is 4.16. The summed E-state index contributed by atoms with van der Waals surface area (Å²) in [4.78, 5) is 21.7. The summed E-state index contributed by atoms with van der Waals surface area (Å²) in [5.41, 5.74) is 0.0906. The topological polar surface area (TPSA) is 74.6 Å². The lowest BCUT2D eigenvalue weighted by Gasteiger charge is -2.05. The number of carboxylic acids is 2. The van der Waals surface area contributed by atoms with Gasteiger partial charge < -0.3 is 10.2 Å². The van der Waals surface area contributed by atoms with Gasteiger partial charge in [-0.2, -0.15) is 0 Å². The summed E-state index contributed by atoms with van der Waals surface area (Å²) in [6.07, 6.45) is 3.12. The first-order valence-electron chi connectivity index (χ1n) is 5.40. The van der Waals surface area contributed by atoms with Crippen molar-refractivity contribution in [3.05, 3.63) is 29.3 Å². The average Bonchev–Trinajstić information content (AvgIpc) is 2.29. The van der Waals surface area contributed by atoms with Crippen LogP contribution in [0.25, 0.3) is 0 Å². The van der Waals surface area contributed by atoms with Crippen LogP contribution in [-0.4, -0.2) is 28.3 Å². The van der Waals surface area contributed by atoms with Crippen LogP contribution in [0.15, 0.2) is 18.2 Å². The molecule has 1 rings (SSSR count). The van der Waals surface area contributed by atoms with Crippen molar-refractivity contribution >= 4 is 25.8 Å². The van der Waals surface area contributed by atoms with Crippen LogP contribution in [0, 0.1) is 0 Å². The normalized spacial score (nSPS) is 10.9. The van der Waals surface area contributed by atoms with Gasteiger partial charge in [0.1, 0.15) is 0 Å². The van der Waals surface area contributed by atoms with Crippen LogP contribution < -0.4 is 5.30 Å². The van der Waals surface area contributed by atoms with Crippen LogP contribution in [0.3, 0.4) is 0 Å². The van der Waals surface area contributed by atoms with Gasteiger partial charge in [-0.25, -0.2) is 9.59 Å². The van der Waals surface area contributed by atoms with Crippen molar-refractivity contribution in [3.63, 3.8) is 0 Å². The summed E-state index contributed by atoms with van der Waals surface area (Å²) < 4.78 is 0. The molecule has 4 nitrogen and oxygen atoms in total. The van der Waals surface area contributed by atoms with Gasteiger partial charge >= 0.3 is 11.9 Å². The molecule has 1 unspecified atom stereocenters. The van der Waals surface area contributed by atoms with Crippen molar-refractivity contribution in [2.24, 2.45) is 0 Å².